The fraction of sp³-hybridized carbons (Fsp3) is 0.905. The summed E-state index contributed by atoms with van der Waals surface area (Å²) in [6.07, 6.45) is 51.8. The van der Waals surface area contributed by atoms with Crippen LogP contribution in [0, 0.1) is 133 Å². The maximum Gasteiger partial charge on any atom is 0.344 e. The van der Waals surface area contributed by atoms with E-state index in [2.05, 4.69) is 27.7 Å². The van der Waals surface area contributed by atoms with Crippen LogP contribution in [0.3, 0.4) is 0 Å². The predicted molar refractivity (Wildman–Crippen MR) is 592 cm³/mol. The third-order valence-electron chi connectivity index (χ3n) is 38.7. The standard InChI is InChI=1S/C31H48O8.C23H40O4.C22H38O4.C21H34O4.C19H30O4.5C2H6/c1-6-29(2,3)28(35)37-12-11-36-26(33)23-9-7-8-10-24(23)27(34)38-19-25(32)39-30(4,5)31-16-20-13-21(17-31)15-22(14-20)18-31;1-5-22(3,4)21(25)26-17-20(24)27-23(6-2,18-13-9-7-10-14-18)19-15-11-8-12-16-19;1-5-21(2,3)20(24)25-16-19(23)26-22(4,17-12-8-6-9-13-17)18-14-10-7-11-15-18;1-5-20(2,3)19(23)24-8-6-7-18(22)25-21(4)16-10-14-9-15(12-16)13-17(21)11-14;1-5-18(2,3)17(21)22-11-16(20)23-19(4)14-7-12-6-13(9-14)10-15(19)8-12;5*1-2/h20-24H,6-19H2,1-5H3;18-19H,5-17H2,1-4H3;17-18H,5-16H2,1-4H3;14-17H,5-13H2,1-4H3;12-15H,5-11H2,1-4H3;5*1-2H3. The molecule has 0 spiro atoms. The second-order valence-corrected chi connectivity index (χ2v) is 50.5. The van der Waals surface area contributed by atoms with Crippen LogP contribution < -0.4 is 0 Å². The summed E-state index contributed by atoms with van der Waals surface area (Å²) in [6.45, 7) is 59.8. The number of hydrogen-bond acceptors (Lipinski definition) is 24. The zero-order chi connectivity index (χ0) is 113. The van der Waals surface area contributed by atoms with Gasteiger partial charge in [0, 0.05) is 11.8 Å². The Bertz CT molecular complexity index is 3950. The van der Waals surface area contributed by atoms with E-state index in [0.717, 1.165) is 138 Å². The SMILES string of the molecule is CC.CC.CC.CC.CC.CCC(C)(C)C(=O)OCC(=O)OC(C)(C1CCCCC1)C1CCCCC1.CCC(C)(C)C(=O)OCC(=O)OC(CC)(C1CCCCC1)C1CCCCC1.CCC(C)(C)C(=O)OCC(=O)OC1(C)C2CC3CC(C2)CC1C3.CCC(C)(C)C(=O)OCCCC(=O)OC1(C)C2CC3CC(C2)CC1C3.CCC(C)(C)C(=O)OCCOC(=O)C1CCCCC1C(=O)OCC(=O)OC(C)(C)C12CC3CC(CC(C3)C1)C2. The van der Waals surface area contributed by atoms with E-state index in [1.165, 1.54) is 161 Å². The van der Waals surface area contributed by atoms with Crippen molar-refractivity contribution in [3.05, 3.63) is 0 Å². The Morgan fingerprint density at radius 2 is 0.520 bits per heavy atom. The van der Waals surface area contributed by atoms with Crippen molar-refractivity contribution in [3.8, 4) is 0 Å². The summed E-state index contributed by atoms with van der Waals surface area (Å²) in [6, 6.07) is 0. The Labute approximate surface area is 911 Å². The van der Waals surface area contributed by atoms with E-state index in [0.29, 0.717) is 105 Å². The number of ether oxygens (including phenoxy) is 12. The van der Waals surface area contributed by atoms with Gasteiger partial charge in [-0.05, 0) is 405 Å². The first-order valence-corrected chi connectivity index (χ1v) is 61.3. The molecule has 17 aliphatic rings. The maximum absolute atomic E-state index is 13.0. The third-order valence-corrected chi connectivity index (χ3v) is 38.7. The molecule has 0 aromatic rings. The molecule has 868 valence electrons. The zero-order valence-electron chi connectivity index (χ0n) is 101. The molecule has 0 aromatic heterocycles. The van der Waals surface area contributed by atoms with Crippen molar-refractivity contribution in [2.45, 2.75) is 551 Å². The topological polar surface area (TPSA) is 316 Å². The highest BCUT2D eigenvalue weighted by molar-refractivity contribution is 5.85. The van der Waals surface area contributed by atoms with Gasteiger partial charge < -0.3 is 56.8 Å². The number of rotatable bonds is 38. The monoisotopic (exact) mass is 2120 g/mol. The Balaban J connectivity index is 0.000000326. The van der Waals surface area contributed by atoms with Crippen LogP contribution in [0.25, 0.3) is 0 Å². The van der Waals surface area contributed by atoms with E-state index in [9.17, 15) is 57.5 Å². The molecule has 0 aromatic carbocycles. The molecule has 17 aliphatic carbocycles. The molecule has 0 aliphatic heterocycles. The molecular weight excluding hydrogens is 1900 g/mol. The molecule has 17 saturated carbocycles. The van der Waals surface area contributed by atoms with Gasteiger partial charge in [-0.3, -0.25) is 38.4 Å². The molecule has 0 N–H and O–H groups in total. The lowest BCUT2D eigenvalue weighted by molar-refractivity contribution is -0.208. The van der Waals surface area contributed by atoms with Gasteiger partial charge in [0.05, 0.1) is 45.5 Å². The van der Waals surface area contributed by atoms with Crippen molar-refractivity contribution in [1.82, 2.24) is 0 Å². The molecule has 17 fully saturated rings. The van der Waals surface area contributed by atoms with Crippen LogP contribution in [0.1, 0.15) is 523 Å². The number of esters is 12. The van der Waals surface area contributed by atoms with Crippen molar-refractivity contribution >= 4 is 71.6 Å². The molecule has 24 nitrogen and oxygen atoms in total. The molecular formula is C126H220O24. The zero-order valence-corrected chi connectivity index (χ0v) is 101. The van der Waals surface area contributed by atoms with Gasteiger partial charge in [-0.1, -0.05) is 201 Å². The van der Waals surface area contributed by atoms with Crippen LogP contribution in [0.2, 0.25) is 0 Å². The molecule has 0 saturated heterocycles. The van der Waals surface area contributed by atoms with E-state index in [1.807, 2.05) is 173 Å². The van der Waals surface area contributed by atoms with Gasteiger partial charge in [0.15, 0.2) is 26.4 Å². The summed E-state index contributed by atoms with van der Waals surface area (Å²) in [4.78, 5) is 149. The van der Waals surface area contributed by atoms with E-state index < -0.39 is 74.6 Å². The Morgan fingerprint density at radius 3 is 0.847 bits per heavy atom. The number of carbonyl (C=O) groups is 12. The van der Waals surface area contributed by atoms with Gasteiger partial charge in [-0.15, -0.1) is 0 Å². The van der Waals surface area contributed by atoms with Crippen LogP contribution in [0.15, 0.2) is 0 Å². The Hall–Kier alpha value is -6.36. The fourth-order valence-electron chi connectivity index (χ4n) is 27.9. The maximum atomic E-state index is 13.0. The summed E-state index contributed by atoms with van der Waals surface area (Å²) in [5.74, 6) is 3.88. The minimum Gasteiger partial charge on any atom is -0.465 e. The van der Waals surface area contributed by atoms with Crippen LogP contribution >= 0.6 is 0 Å². The fourth-order valence-corrected chi connectivity index (χ4v) is 27.9. The average molecular weight is 2120 g/mol. The molecule has 2 unspecified atom stereocenters. The van der Waals surface area contributed by atoms with E-state index in [1.54, 1.807) is 13.8 Å². The molecule has 0 heterocycles. The Morgan fingerprint density at radius 1 is 0.260 bits per heavy atom. The molecule has 2 atom stereocenters. The van der Waals surface area contributed by atoms with Crippen molar-refractivity contribution in [2.75, 3.05) is 46.2 Å². The second-order valence-electron chi connectivity index (χ2n) is 50.5. The van der Waals surface area contributed by atoms with Crippen LogP contribution in [0.4, 0.5) is 0 Å². The molecule has 150 heavy (non-hydrogen) atoms. The highest BCUT2D eigenvalue weighted by atomic mass is 16.6. The molecule has 17 rings (SSSR count). The first-order chi connectivity index (χ1) is 71.0. The predicted octanol–water partition coefficient (Wildman–Crippen LogP) is 30.0. The molecule has 24 heteroatoms. The number of carbonyl (C=O) groups excluding carboxylic acids is 12. The quantitative estimate of drug-likeness (QED) is 0.0315. The first kappa shape index (κ1) is 134. The van der Waals surface area contributed by atoms with E-state index in [-0.39, 0.29) is 109 Å². The van der Waals surface area contributed by atoms with Gasteiger partial charge in [-0.2, -0.15) is 0 Å². The molecule has 12 bridgehead atoms. The van der Waals surface area contributed by atoms with Crippen molar-refractivity contribution < 1.29 is 114 Å². The minimum atomic E-state index is -0.656. The largest absolute Gasteiger partial charge is 0.465 e. The van der Waals surface area contributed by atoms with Crippen molar-refractivity contribution in [1.29, 1.82) is 0 Å². The highest BCUT2D eigenvalue weighted by Crippen LogP contribution is 2.66. The minimum absolute atomic E-state index is 0.0141. The third kappa shape index (κ3) is 36.9. The van der Waals surface area contributed by atoms with Crippen molar-refractivity contribution in [2.24, 2.45) is 133 Å². The summed E-state index contributed by atoms with van der Waals surface area (Å²) in [5.41, 5.74) is -4.70. The van der Waals surface area contributed by atoms with Crippen molar-refractivity contribution in [3.63, 3.8) is 0 Å². The summed E-state index contributed by atoms with van der Waals surface area (Å²) in [5, 5.41) is 0. The van der Waals surface area contributed by atoms with E-state index >= 15 is 0 Å². The van der Waals surface area contributed by atoms with Gasteiger partial charge in [0.1, 0.15) is 41.2 Å². The second kappa shape index (κ2) is 62.7. The average Bonchev–Trinajstić information content (AvgIpc) is 0.728. The normalized spacial score (nSPS) is 27.7. The van der Waals surface area contributed by atoms with Gasteiger partial charge in [-0.25, -0.2) is 19.2 Å². The van der Waals surface area contributed by atoms with Gasteiger partial charge in [0.2, 0.25) is 0 Å². The summed E-state index contributed by atoms with van der Waals surface area (Å²) >= 11 is 0. The van der Waals surface area contributed by atoms with Gasteiger partial charge in [0.25, 0.3) is 0 Å². The lowest BCUT2D eigenvalue weighted by atomic mass is 9.46. The van der Waals surface area contributed by atoms with Crippen LogP contribution in [0.5, 0.6) is 0 Å². The van der Waals surface area contributed by atoms with Crippen LogP contribution in [-0.4, -0.2) is 146 Å². The van der Waals surface area contributed by atoms with Gasteiger partial charge >= 0.3 is 71.6 Å². The van der Waals surface area contributed by atoms with E-state index in [4.69, 9.17) is 56.8 Å². The molecule has 0 radical (unpaired) electrons. The lowest BCUT2D eigenvalue weighted by Crippen LogP contribution is -2.58. The highest BCUT2D eigenvalue weighted by Gasteiger charge is 2.62. The smallest absolute Gasteiger partial charge is 0.344 e. The summed E-state index contributed by atoms with van der Waals surface area (Å²) < 4.78 is 67.3. The number of hydrogen-bond donors (Lipinski definition) is 0. The summed E-state index contributed by atoms with van der Waals surface area (Å²) in [7, 11) is 0. The van der Waals surface area contributed by atoms with Crippen LogP contribution in [-0.2, 0) is 114 Å². The lowest BCUT2D eigenvalue weighted by Gasteiger charge is -2.61. The first-order valence-electron chi connectivity index (χ1n) is 61.3. The Kier molecular flexibility index (Phi) is 56.0. The molecule has 0 amide bonds.